The average molecular weight is 524 g/mol. The van der Waals surface area contributed by atoms with Crippen molar-refractivity contribution < 1.29 is 0 Å². The van der Waals surface area contributed by atoms with Crippen molar-refractivity contribution in [3.05, 3.63) is 58.5 Å². The zero-order valence-electron chi connectivity index (χ0n) is 20.3. The molecular weight excluding hydrogens is 494 g/mol. The molecule has 1 aliphatic carbocycles. The Balaban J connectivity index is 1.31. The molecule has 2 aliphatic rings. The SMILES string of the molecule is CN/C=C\C(=N)Cn1cnc2ccc(Sc3cnc(N4CCC5(CCCC5)CC4)cn3)c(Cl)c2c1=O. The molecule has 2 fully saturated rings. The first-order valence-corrected chi connectivity index (χ1v) is 13.5. The number of piperidine rings is 1. The van der Waals surface area contributed by atoms with E-state index in [0.717, 1.165) is 18.9 Å². The standard InChI is InChI=1S/C26H30ClN7OS/c1-29-11-6-18(28)16-34-17-32-19-4-5-20(24(27)23(19)25(34)35)36-22-15-30-21(14-31-22)33-12-9-26(10-13-33)7-2-3-8-26/h4-6,11,14-15,17,28-29H,2-3,7-10,12-13,16H2,1H3/b11-6-,28-18?. The van der Waals surface area contributed by atoms with E-state index >= 15 is 0 Å². The van der Waals surface area contributed by atoms with Crippen LogP contribution >= 0.6 is 23.4 Å². The van der Waals surface area contributed by atoms with E-state index in [9.17, 15) is 4.79 Å². The van der Waals surface area contributed by atoms with Crippen LogP contribution in [0.3, 0.4) is 0 Å². The van der Waals surface area contributed by atoms with Crippen molar-refractivity contribution in [3.8, 4) is 0 Å². The van der Waals surface area contributed by atoms with Crippen LogP contribution in [-0.4, -0.2) is 45.4 Å². The minimum Gasteiger partial charge on any atom is -0.394 e. The van der Waals surface area contributed by atoms with Crippen molar-refractivity contribution in [1.29, 1.82) is 5.41 Å². The van der Waals surface area contributed by atoms with Gasteiger partial charge >= 0.3 is 0 Å². The number of aromatic nitrogens is 4. The van der Waals surface area contributed by atoms with Gasteiger partial charge in [-0.3, -0.25) is 9.36 Å². The third kappa shape index (κ3) is 5.13. The third-order valence-electron chi connectivity index (χ3n) is 7.33. The topological polar surface area (TPSA) is 99.8 Å². The molecule has 8 nitrogen and oxygen atoms in total. The van der Waals surface area contributed by atoms with Crippen LogP contribution in [0, 0.1) is 10.8 Å². The highest BCUT2D eigenvalue weighted by atomic mass is 35.5. The fourth-order valence-electron chi connectivity index (χ4n) is 5.27. The van der Waals surface area contributed by atoms with E-state index < -0.39 is 0 Å². The van der Waals surface area contributed by atoms with Crippen LogP contribution in [-0.2, 0) is 6.54 Å². The lowest BCUT2D eigenvalue weighted by Gasteiger charge is -2.39. The number of hydrogen-bond acceptors (Lipinski definition) is 8. The number of allylic oxidation sites excluding steroid dienone is 1. The van der Waals surface area contributed by atoms with Gasteiger partial charge < -0.3 is 15.6 Å². The number of anilines is 1. The van der Waals surface area contributed by atoms with Crippen molar-refractivity contribution in [3.63, 3.8) is 0 Å². The van der Waals surface area contributed by atoms with E-state index in [1.807, 2.05) is 12.3 Å². The van der Waals surface area contributed by atoms with E-state index in [1.54, 1.807) is 31.6 Å². The summed E-state index contributed by atoms with van der Waals surface area (Å²) >= 11 is 8.07. The highest BCUT2D eigenvalue weighted by molar-refractivity contribution is 7.99. The Labute approximate surface area is 219 Å². The molecule has 1 saturated carbocycles. The second kappa shape index (κ2) is 10.6. The summed E-state index contributed by atoms with van der Waals surface area (Å²) in [6.45, 7) is 2.19. The van der Waals surface area contributed by atoms with Gasteiger partial charge in [0.05, 0.1) is 46.9 Å². The monoisotopic (exact) mass is 523 g/mol. The van der Waals surface area contributed by atoms with Crippen molar-refractivity contribution in [2.75, 3.05) is 25.0 Å². The normalized spacial score (nSPS) is 17.3. The minimum absolute atomic E-state index is 0.109. The van der Waals surface area contributed by atoms with Crippen LogP contribution < -0.4 is 15.8 Å². The van der Waals surface area contributed by atoms with Gasteiger partial charge in [0, 0.05) is 25.0 Å². The van der Waals surface area contributed by atoms with Gasteiger partial charge in [-0.2, -0.15) is 0 Å². The van der Waals surface area contributed by atoms with Crippen molar-refractivity contribution in [1.82, 2.24) is 24.8 Å². The summed E-state index contributed by atoms with van der Waals surface area (Å²) in [5.41, 5.74) is 1.09. The average Bonchev–Trinajstić information content (AvgIpc) is 3.35. The molecule has 0 radical (unpaired) electrons. The Kier molecular flexibility index (Phi) is 7.29. The summed E-state index contributed by atoms with van der Waals surface area (Å²) in [4.78, 5) is 29.9. The number of hydrogen-bond donors (Lipinski definition) is 2. The summed E-state index contributed by atoms with van der Waals surface area (Å²) in [7, 11) is 1.75. The molecule has 0 amide bonds. The number of rotatable bonds is 7. The molecule has 36 heavy (non-hydrogen) atoms. The van der Waals surface area contributed by atoms with Gasteiger partial charge in [0.15, 0.2) is 0 Å². The van der Waals surface area contributed by atoms with E-state index in [4.69, 9.17) is 17.0 Å². The number of benzene rings is 1. The Bertz CT molecular complexity index is 1340. The largest absolute Gasteiger partial charge is 0.394 e. The van der Waals surface area contributed by atoms with Gasteiger partial charge in [-0.05, 0) is 55.5 Å². The first-order valence-electron chi connectivity index (χ1n) is 12.3. The summed E-state index contributed by atoms with van der Waals surface area (Å²) in [6, 6.07) is 3.64. The molecule has 3 aromatic rings. The van der Waals surface area contributed by atoms with Crippen molar-refractivity contribution >= 4 is 45.8 Å². The lowest BCUT2D eigenvalue weighted by atomic mass is 9.77. The van der Waals surface area contributed by atoms with Gasteiger partial charge in [0.1, 0.15) is 10.8 Å². The summed E-state index contributed by atoms with van der Waals surface area (Å²) in [6.07, 6.45) is 16.3. The number of halogens is 1. The summed E-state index contributed by atoms with van der Waals surface area (Å²) in [5.74, 6) is 0.915. The number of nitrogens with zero attached hydrogens (tertiary/aromatic N) is 5. The predicted molar refractivity (Wildman–Crippen MR) is 145 cm³/mol. The van der Waals surface area contributed by atoms with E-state index in [1.165, 1.54) is 61.2 Å². The Morgan fingerprint density at radius 1 is 1.17 bits per heavy atom. The van der Waals surface area contributed by atoms with Crippen LogP contribution in [0.15, 0.2) is 57.8 Å². The predicted octanol–water partition coefficient (Wildman–Crippen LogP) is 4.90. The number of fused-ring (bicyclic) bond motifs is 1. The van der Waals surface area contributed by atoms with Gasteiger partial charge in [0.2, 0.25) is 0 Å². The molecule has 3 heterocycles. The smallest absolute Gasteiger partial charge is 0.263 e. The van der Waals surface area contributed by atoms with E-state index in [2.05, 4.69) is 25.2 Å². The molecule has 2 aromatic heterocycles. The quantitative estimate of drug-likeness (QED) is 0.424. The lowest BCUT2D eigenvalue weighted by Crippen LogP contribution is -2.39. The van der Waals surface area contributed by atoms with Crippen LogP contribution in [0.1, 0.15) is 38.5 Å². The maximum atomic E-state index is 13.1. The lowest BCUT2D eigenvalue weighted by molar-refractivity contribution is 0.226. The van der Waals surface area contributed by atoms with E-state index in [-0.39, 0.29) is 17.8 Å². The van der Waals surface area contributed by atoms with Gasteiger partial charge in [0.25, 0.3) is 5.56 Å². The van der Waals surface area contributed by atoms with E-state index in [0.29, 0.717) is 31.3 Å². The first-order chi connectivity index (χ1) is 17.5. The highest BCUT2D eigenvalue weighted by Crippen LogP contribution is 2.46. The minimum atomic E-state index is -0.276. The van der Waals surface area contributed by atoms with Crippen molar-refractivity contribution in [2.24, 2.45) is 5.41 Å². The molecule has 1 aromatic carbocycles. The fourth-order valence-corrected chi connectivity index (χ4v) is 6.39. The Hall–Kier alpha value is -2.91. The second-order valence-electron chi connectivity index (χ2n) is 9.61. The molecule has 1 aliphatic heterocycles. The maximum absolute atomic E-state index is 13.1. The molecule has 2 N–H and O–H groups in total. The molecule has 5 rings (SSSR count). The molecule has 0 bridgehead atoms. The zero-order valence-corrected chi connectivity index (χ0v) is 21.9. The summed E-state index contributed by atoms with van der Waals surface area (Å²) in [5, 5.41) is 12.3. The molecule has 1 saturated heterocycles. The second-order valence-corrected chi connectivity index (χ2v) is 11.0. The highest BCUT2D eigenvalue weighted by Gasteiger charge is 2.37. The molecule has 188 valence electrons. The van der Waals surface area contributed by atoms with Gasteiger partial charge in [-0.15, -0.1) is 0 Å². The van der Waals surface area contributed by atoms with Crippen LogP contribution in [0.4, 0.5) is 5.82 Å². The Morgan fingerprint density at radius 3 is 2.64 bits per heavy atom. The molecular formula is C26H30ClN7OS. The van der Waals surface area contributed by atoms with Crippen molar-refractivity contribution in [2.45, 2.75) is 55.0 Å². The maximum Gasteiger partial charge on any atom is 0.263 e. The molecule has 0 unspecified atom stereocenters. The van der Waals surface area contributed by atoms with Crippen LogP contribution in [0.2, 0.25) is 5.02 Å². The first kappa shape index (κ1) is 24.8. The van der Waals surface area contributed by atoms with Gasteiger partial charge in [-0.1, -0.05) is 36.2 Å². The Morgan fingerprint density at radius 2 is 1.94 bits per heavy atom. The molecule has 1 spiro atoms. The van der Waals surface area contributed by atoms with Crippen LogP contribution in [0.5, 0.6) is 0 Å². The van der Waals surface area contributed by atoms with Gasteiger partial charge in [-0.25, -0.2) is 15.0 Å². The number of nitrogens with one attached hydrogen (secondary N) is 2. The summed E-state index contributed by atoms with van der Waals surface area (Å²) < 4.78 is 1.40. The zero-order chi connectivity index (χ0) is 25.1. The third-order valence-corrected chi connectivity index (χ3v) is 8.81. The fraction of sp³-hybridized carbons (Fsp3) is 0.423. The molecule has 0 atom stereocenters. The van der Waals surface area contributed by atoms with Crippen LogP contribution in [0.25, 0.3) is 10.9 Å². The molecule has 10 heteroatoms.